The molecule has 1 aromatic rings. The molecule has 1 amide bonds. The Kier molecular flexibility index (Phi) is 5.18. The van der Waals surface area contributed by atoms with Crippen molar-refractivity contribution < 1.29 is 14.3 Å². The van der Waals surface area contributed by atoms with Crippen molar-refractivity contribution in [2.75, 3.05) is 39.9 Å². The maximum Gasteiger partial charge on any atom is 0.250 e. The molecule has 5 nitrogen and oxygen atoms in total. The van der Waals surface area contributed by atoms with E-state index in [9.17, 15) is 4.79 Å². The zero-order chi connectivity index (χ0) is 16.1. The molecular weight excluding hydrogens is 292 g/mol. The lowest BCUT2D eigenvalue weighted by Gasteiger charge is -2.19. The minimum Gasteiger partial charge on any atom is -0.497 e. The van der Waals surface area contributed by atoms with Crippen molar-refractivity contribution in [1.29, 1.82) is 0 Å². The van der Waals surface area contributed by atoms with Gasteiger partial charge in [0, 0.05) is 12.1 Å². The minimum atomic E-state index is -0.0418. The highest BCUT2D eigenvalue weighted by molar-refractivity contribution is 5.99. The number of benzene rings is 1. The van der Waals surface area contributed by atoms with Crippen molar-refractivity contribution in [3.8, 4) is 11.5 Å². The number of fused-ring (bicyclic) bond motifs is 1. The molecule has 0 saturated carbocycles. The van der Waals surface area contributed by atoms with E-state index in [2.05, 4.69) is 10.2 Å². The van der Waals surface area contributed by atoms with Crippen LogP contribution in [0.15, 0.2) is 23.8 Å². The maximum absolute atomic E-state index is 12.3. The summed E-state index contributed by atoms with van der Waals surface area (Å²) in [7, 11) is 1.63. The maximum atomic E-state index is 12.3. The van der Waals surface area contributed by atoms with E-state index in [0.29, 0.717) is 18.7 Å². The number of amides is 1. The number of carbonyl (C=O) groups excluding carboxylic acids is 1. The molecule has 1 fully saturated rings. The fourth-order valence-electron chi connectivity index (χ4n) is 3.04. The first-order chi connectivity index (χ1) is 11.3. The molecule has 0 spiro atoms. The highest BCUT2D eigenvalue weighted by Crippen LogP contribution is 2.29. The Balaban J connectivity index is 1.51. The summed E-state index contributed by atoms with van der Waals surface area (Å²) in [4.78, 5) is 14.7. The van der Waals surface area contributed by atoms with Gasteiger partial charge in [0.15, 0.2) is 0 Å². The minimum absolute atomic E-state index is 0.0418. The first-order valence-electron chi connectivity index (χ1n) is 8.28. The normalized spacial score (nSPS) is 17.2. The van der Waals surface area contributed by atoms with Crippen molar-refractivity contribution in [2.24, 2.45) is 0 Å². The third-order valence-electron chi connectivity index (χ3n) is 4.36. The van der Waals surface area contributed by atoms with Crippen LogP contribution in [0.2, 0.25) is 0 Å². The van der Waals surface area contributed by atoms with Crippen LogP contribution in [0.3, 0.4) is 0 Å². The predicted octanol–water partition coefficient (Wildman–Crippen LogP) is 2.07. The monoisotopic (exact) mass is 316 g/mol. The van der Waals surface area contributed by atoms with Gasteiger partial charge in [-0.05, 0) is 63.2 Å². The van der Waals surface area contributed by atoms with Crippen LogP contribution >= 0.6 is 0 Å². The van der Waals surface area contributed by atoms with Gasteiger partial charge in [-0.15, -0.1) is 0 Å². The van der Waals surface area contributed by atoms with E-state index in [4.69, 9.17) is 9.47 Å². The van der Waals surface area contributed by atoms with Crippen LogP contribution in [-0.4, -0.2) is 50.7 Å². The van der Waals surface area contributed by atoms with E-state index in [-0.39, 0.29) is 5.91 Å². The van der Waals surface area contributed by atoms with Gasteiger partial charge in [0.2, 0.25) is 0 Å². The van der Waals surface area contributed by atoms with E-state index in [1.807, 2.05) is 24.3 Å². The van der Waals surface area contributed by atoms with Crippen LogP contribution in [0.4, 0.5) is 0 Å². The lowest BCUT2D eigenvalue weighted by atomic mass is 10.1. The first-order valence-corrected chi connectivity index (χ1v) is 8.28. The van der Waals surface area contributed by atoms with Gasteiger partial charge >= 0.3 is 0 Å². The largest absolute Gasteiger partial charge is 0.497 e. The Hall–Kier alpha value is -2.01. The molecule has 23 heavy (non-hydrogen) atoms. The summed E-state index contributed by atoms with van der Waals surface area (Å²) < 4.78 is 10.9. The second-order valence-corrected chi connectivity index (χ2v) is 6.02. The van der Waals surface area contributed by atoms with E-state index in [1.165, 1.54) is 25.9 Å². The van der Waals surface area contributed by atoms with Crippen molar-refractivity contribution in [3.63, 3.8) is 0 Å². The number of nitrogens with zero attached hydrogens (tertiary/aromatic N) is 1. The van der Waals surface area contributed by atoms with Gasteiger partial charge < -0.3 is 19.7 Å². The second kappa shape index (κ2) is 7.51. The smallest absolute Gasteiger partial charge is 0.250 e. The van der Waals surface area contributed by atoms with E-state index in [1.54, 1.807) is 7.11 Å². The van der Waals surface area contributed by atoms with E-state index >= 15 is 0 Å². The Labute approximate surface area is 137 Å². The molecule has 0 atom stereocenters. The summed E-state index contributed by atoms with van der Waals surface area (Å²) in [5.41, 5.74) is 1.55. The van der Waals surface area contributed by atoms with Crippen LogP contribution in [0.5, 0.6) is 11.5 Å². The van der Waals surface area contributed by atoms with Gasteiger partial charge in [0.05, 0.1) is 12.7 Å². The average Bonchev–Trinajstić information content (AvgIpc) is 3.11. The van der Waals surface area contributed by atoms with E-state index < -0.39 is 0 Å². The number of carbonyl (C=O) groups is 1. The van der Waals surface area contributed by atoms with E-state index in [0.717, 1.165) is 30.0 Å². The lowest BCUT2D eigenvalue weighted by molar-refractivity contribution is -0.117. The summed E-state index contributed by atoms with van der Waals surface area (Å²) in [5, 5.41) is 2.99. The molecule has 5 heteroatoms. The molecule has 0 aromatic heterocycles. The molecule has 124 valence electrons. The number of methoxy groups -OCH3 is 1. The molecule has 1 saturated heterocycles. The lowest BCUT2D eigenvalue weighted by Crippen LogP contribution is -2.31. The van der Waals surface area contributed by atoms with Crippen LogP contribution in [-0.2, 0) is 4.79 Å². The van der Waals surface area contributed by atoms with Crippen molar-refractivity contribution in [1.82, 2.24) is 10.2 Å². The number of nitrogens with one attached hydrogen (secondary N) is 1. The molecule has 1 N–H and O–H groups in total. The Morgan fingerprint density at radius 3 is 2.96 bits per heavy atom. The molecular formula is C18H24N2O3. The van der Waals surface area contributed by atoms with Gasteiger partial charge in [0.1, 0.15) is 18.1 Å². The van der Waals surface area contributed by atoms with Gasteiger partial charge in [0.25, 0.3) is 5.91 Å². The average molecular weight is 316 g/mol. The molecule has 3 rings (SSSR count). The molecule has 0 unspecified atom stereocenters. The SMILES string of the molecule is COc1ccc2c(c1)C=C(C(=O)NCCCN1CCCC1)CO2. The summed E-state index contributed by atoms with van der Waals surface area (Å²) >= 11 is 0. The fourth-order valence-corrected chi connectivity index (χ4v) is 3.04. The molecule has 2 heterocycles. The second-order valence-electron chi connectivity index (χ2n) is 6.02. The van der Waals surface area contributed by atoms with Crippen molar-refractivity contribution in [2.45, 2.75) is 19.3 Å². The number of hydrogen-bond acceptors (Lipinski definition) is 4. The fraction of sp³-hybridized carbons (Fsp3) is 0.500. The Bertz CT molecular complexity index is 592. The zero-order valence-corrected chi connectivity index (χ0v) is 13.6. The third kappa shape index (κ3) is 4.05. The van der Waals surface area contributed by atoms with Crippen LogP contribution in [0, 0.1) is 0 Å². The Morgan fingerprint density at radius 1 is 1.35 bits per heavy atom. The Morgan fingerprint density at radius 2 is 2.17 bits per heavy atom. The number of likely N-dealkylation sites (tertiary alicyclic amines) is 1. The molecule has 0 aliphatic carbocycles. The number of ether oxygens (including phenoxy) is 2. The van der Waals surface area contributed by atoms with Gasteiger partial charge in [-0.2, -0.15) is 0 Å². The molecule has 2 aliphatic heterocycles. The molecule has 0 radical (unpaired) electrons. The van der Waals surface area contributed by atoms with Gasteiger partial charge in [-0.25, -0.2) is 0 Å². The standard InChI is InChI=1S/C18H24N2O3/c1-22-16-5-6-17-14(12-16)11-15(13-23-17)18(21)19-7-4-10-20-8-2-3-9-20/h5-6,11-12H,2-4,7-10,13H2,1H3,(H,19,21). The molecule has 1 aromatic carbocycles. The van der Waals surface area contributed by atoms with Crippen LogP contribution in [0.1, 0.15) is 24.8 Å². The summed E-state index contributed by atoms with van der Waals surface area (Å²) in [5.74, 6) is 1.51. The number of rotatable bonds is 6. The topological polar surface area (TPSA) is 50.8 Å². The summed E-state index contributed by atoms with van der Waals surface area (Å²) in [6.07, 6.45) is 5.49. The summed E-state index contributed by atoms with van der Waals surface area (Å²) in [6, 6.07) is 5.61. The van der Waals surface area contributed by atoms with Gasteiger partial charge in [-0.1, -0.05) is 0 Å². The first kappa shape index (κ1) is 15.9. The molecule has 2 aliphatic rings. The van der Waals surface area contributed by atoms with Gasteiger partial charge in [-0.3, -0.25) is 4.79 Å². The van der Waals surface area contributed by atoms with Crippen LogP contribution in [0.25, 0.3) is 6.08 Å². The summed E-state index contributed by atoms with van der Waals surface area (Å²) in [6.45, 7) is 4.49. The highest BCUT2D eigenvalue weighted by atomic mass is 16.5. The molecule has 0 bridgehead atoms. The quantitative estimate of drug-likeness (QED) is 0.816. The zero-order valence-electron chi connectivity index (χ0n) is 13.6. The van der Waals surface area contributed by atoms with Crippen molar-refractivity contribution >= 4 is 12.0 Å². The predicted molar refractivity (Wildman–Crippen MR) is 89.8 cm³/mol. The number of hydrogen-bond donors (Lipinski definition) is 1. The third-order valence-corrected chi connectivity index (χ3v) is 4.36. The van der Waals surface area contributed by atoms with Crippen molar-refractivity contribution in [3.05, 3.63) is 29.3 Å². The highest BCUT2D eigenvalue weighted by Gasteiger charge is 2.17. The van der Waals surface area contributed by atoms with Crippen LogP contribution < -0.4 is 14.8 Å².